The van der Waals surface area contributed by atoms with Gasteiger partial charge in [0.1, 0.15) is 11.6 Å². The molecule has 2 heterocycles. The molecule has 2 aromatic carbocycles. The first-order chi connectivity index (χ1) is 19.7. The second kappa shape index (κ2) is 13.0. The Morgan fingerprint density at radius 3 is 2.22 bits per heavy atom. The number of hydrogen-bond donors (Lipinski definition) is 0. The largest absolute Gasteiger partial charge is 0.303 e. The predicted molar refractivity (Wildman–Crippen MR) is 160 cm³/mol. The molecule has 5 rings (SSSR count). The highest BCUT2D eigenvalue weighted by Crippen LogP contribution is 2.58. The Balaban J connectivity index is 1.38. The minimum absolute atomic E-state index is 0.113. The lowest BCUT2D eigenvalue weighted by Gasteiger charge is -2.46. The van der Waals surface area contributed by atoms with Gasteiger partial charge in [0.2, 0.25) is 10.0 Å². The molecule has 2 aromatic rings. The molecule has 9 heteroatoms. The van der Waals surface area contributed by atoms with E-state index in [4.69, 9.17) is 11.6 Å². The Bertz CT molecular complexity index is 1260. The molecule has 0 amide bonds. The van der Waals surface area contributed by atoms with Crippen molar-refractivity contribution in [1.29, 1.82) is 0 Å². The van der Waals surface area contributed by atoms with Crippen molar-refractivity contribution in [2.45, 2.75) is 94.7 Å². The van der Waals surface area contributed by atoms with Crippen molar-refractivity contribution >= 4 is 21.6 Å². The molecule has 3 aliphatic rings. The minimum Gasteiger partial charge on any atom is -0.303 e. The summed E-state index contributed by atoms with van der Waals surface area (Å²) in [6.07, 6.45) is 8.52. The zero-order chi connectivity index (χ0) is 29.2. The van der Waals surface area contributed by atoms with Gasteiger partial charge in [0.05, 0.1) is 10.9 Å². The Morgan fingerprint density at radius 1 is 0.976 bits per heavy atom. The van der Waals surface area contributed by atoms with Crippen LogP contribution >= 0.6 is 11.6 Å². The molecule has 1 aliphatic carbocycles. The Morgan fingerprint density at radius 2 is 1.63 bits per heavy atom. The highest BCUT2D eigenvalue weighted by atomic mass is 35.5. The second-order valence-corrected chi connectivity index (χ2v) is 14.5. The summed E-state index contributed by atoms with van der Waals surface area (Å²) in [6.45, 7) is 9.84. The van der Waals surface area contributed by atoms with E-state index in [1.54, 1.807) is 16.4 Å². The number of piperidine rings is 2. The lowest BCUT2D eigenvalue weighted by atomic mass is 9.83. The molecule has 0 unspecified atom stereocenters. The maximum atomic E-state index is 14.4. The van der Waals surface area contributed by atoms with Crippen LogP contribution in [0.5, 0.6) is 0 Å². The number of rotatable bonds is 11. The second-order valence-electron chi connectivity index (χ2n) is 12.3. The van der Waals surface area contributed by atoms with Gasteiger partial charge >= 0.3 is 0 Å². The first kappa shape index (κ1) is 30.9. The normalized spacial score (nSPS) is 24.1. The van der Waals surface area contributed by atoms with Gasteiger partial charge in [0.25, 0.3) is 0 Å². The molecule has 0 radical (unpaired) electrons. The molecule has 41 heavy (non-hydrogen) atoms. The fourth-order valence-electron chi connectivity index (χ4n) is 7.38. The van der Waals surface area contributed by atoms with Crippen LogP contribution in [0, 0.1) is 17.0 Å². The predicted octanol–water partition coefficient (Wildman–Crippen LogP) is 7.27. The average molecular weight is 608 g/mol. The molecule has 2 atom stereocenters. The van der Waals surface area contributed by atoms with Crippen LogP contribution in [0.1, 0.15) is 83.2 Å². The van der Waals surface area contributed by atoms with Gasteiger partial charge in [0, 0.05) is 23.2 Å². The summed E-state index contributed by atoms with van der Waals surface area (Å²) in [5.74, 6) is -1.37. The van der Waals surface area contributed by atoms with Gasteiger partial charge in [-0.1, -0.05) is 25.4 Å². The zero-order valence-corrected chi connectivity index (χ0v) is 25.9. The van der Waals surface area contributed by atoms with Gasteiger partial charge < -0.3 is 9.80 Å². The van der Waals surface area contributed by atoms with Crippen molar-refractivity contribution in [3.8, 4) is 0 Å². The van der Waals surface area contributed by atoms with Crippen molar-refractivity contribution in [3.63, 3.8) is 0 Å². The molecule has 0 spiro atoms. The number of benzene rings is 2. The number of hydrogen-bond acceptors (Lipinski definition) is 4. The van der Waals surface area contributed by atoms with Crippen LogP contribution in [-0.4, -0.2) is 67.3 Å². The number of likely N-dealkylation sites (tertiary alicyclic amines) is 1. The summed E-state index contributed by atoms with van der Waals surface area (Å²) in [6, 6.07) is 9.49. The number of halogens is 3. The van der Waals surface area contributed by atoms with Crippen molar-refractivity contribution in [1.82, 2.24) is 14.1 Å². The van der Waals surface area contributed by atoms with Crippen LogP contribution < -0.4 is 0 Å². The number of nitrogens with zero attached hydrogens (tertiary/aromatic N) is 3. The topological polar surface area (TPSA) is 43.9 Å². The van der Waals surface area contributed by atoms with Crippen molar-refractivity contribution < 1.29 is 17.2 Å². The first-order valence-electron chi connectivity index (χ1n) is 15.4. The zero-order valence-electron chi connectivity index (χ0n) is 24.4. The van der Waals surface area contributed by atoms with Gasteiger partial charge in [-0.25, -0.2) is 17.2 Å². The van der Waals surface area contributed by atoms with Crippen LogP contribution in [0.2, 0.25) is 5.02 Å². The van der Waals surface area contributed by atoms with E-state index in [0.29, 0.717) is 23.0 Å². The highest BCUT2D eigenvalue weighted by Gasteiger charge is 2.56. The summed E-state index contributed by atoms with van der Waals surface area (Å²) in [5, 5.41) is 0.460. The number of sulfonamides is 1. The molecular formula is C32H44ClF2N3O2S. The molecule has 2 aliphatic heterocycles. The summed E-state index contributed by atoms with van der Waals surface area (Å²) in [7, 11) is -3.95. The van der Waals surface area contributed by atoms with Crippen LogP contribution in [-0.2, 0) is 10.0 Å². The molecule has 0 N–H and O–H groups in total. The fourth-order valence-corrected chi connectivity index (χ4v) is 9.46. The molecule has 0 bridgehead atoms. The summed E-state index contributed by atoms with van der Waals surface area (Å²) in [5.41, 5.74) is 0.272. The van der Waals surface area contributed by atoms with Gasteiger partial charge in [0.15, 0.2) is 0 Å². The van der Waals surface area contributed by atoms with Crippen LogP contribution in [0.4, 0.5) is 8.78 Å². The maximum absolute atomic E-state index is 14.4. The van der Waals surface area contributed by atoms with E-state index in [1.807, 2.05) is 0 Å². The van der Waals surface area contributed by atoms with Gasteiger partial charge in [-0.3, -0.25) is 0 Å². The average Bonchev–Trinajstić information content (AvgIpc) is 3.75. The first-order valence-corrected chi connectivity index (χ1v) is 17.2. The summed E-state index contributed by atoms with van der Waals surface area (Å²) >= 11 is 6.08. The standard InChI is InChI=1S/C32H44ClF2N3O2S/c1-3-17-37(4-2)28-12-18-36(19-13-28)20-16-32(14-15-32)31-7-5-6-30(24-21-26(34)23-27(35)22-24)38(31)41(39,40)29-10-8-25(33)9-11-29/h8-11,21-23,28,30-31H,3-7,12-20H2,1-2H3/t30-,31+/m0/s1. The van der Waals surface area contributed by atoms with Crippen LogP contribution in [0.25, 0.3) is 0 Å². The smallest absolute Gasteiger partial charge is 0.243 e. The molecule has 5 nitrogen and oxygen atoms in total. The SMILES string of the molecule is CCCN(CC)C1CCN(CCC2([C@H]3CCC[C@@H](c4cc(F)cc(F)c4)N3S(=O)(=O)c3ccc(Cl)cc3)CC2)CC1. The third-order valence-electron chi connectivity index (χ3n) is 9.74. The van der Waals surface area contributed by atoms with Crippen LogP contribution in [0.15, 0.2) is 47.4 Å². The molecular weight excluding hydrogens is 564 g/mol. The summed E-state index contributed by atoms with van der Waals surface area (Å²) < 4.78 is 58.9. The van der Waals surface area contributed by atoms with E-state index >= 15 is 0 Å². The minimum atomic E-state index is -3.95. The quantitative estimate of drug-likeness (QED) is 0.269. The Labute approximate surface area is 249 Å². The van der Waals surface area contributed by atoms with Crippen molar-refractivity contribution in [2.24, 2.45) is 5.41 Å². The Hall–Kier alpha value is -1.58. The van der Waals surface area contributed by atoms with Gasteiger partial charge in [-0.15, -0.1) is 0 Å². The van der Waals surface area contributed by atoms with E-state index in [9.17, 15) is 17.2 Å². The van der Waals surface area contributed by atoms with Gasteiger partial charge in [-0.2, -0.15) is 4.31 Å². The van der Waals surface area contributed by atoms with E-state index < -0.39 is 27.7 Å². The molecule has 2 saturated heterocycles. The van der Waals surface area contributed by atoms with E-state index in [1.165, 1.54) is 43.5 Å². The monoisotopic (exact) mass is 607 g/mol. The van der Waals surface area contributed by atoms with Gasteiger partial charge in [-0.05, 0) is 138 Å². The van der Waals surface area contributed by atoms with E-state index in [2.05, 4.69) is 23.6 Å². The summed E-state index contributed by atoms with van der Waals surface area (Å²) in [4.78, 5) is 5.33. The third-order valence-corrected chi connectivity index (χ3v) is 11.9. The fraction of sp³-hybridized carbons (Fsp3) is 0.625. The molecule has 1 saturated carbocycles. The van der Waals surface area contributed by atoms with Crippen molar-refractivity contribution in [2.75, 3.05) is 32.7 Å². The highest BCUT2D eigenvalue weighted by molar-refractivity contribution is 7.89. The maximum Gasteiger partial charge on any atom is 0.243 e. The molecule has 0 aromatic heterocycles. The Kier molecular flexibility index (Phi) is 9.76. The molecule has 3 fully saturated rings. The lowest BCUT2D eigenvalue weighted by Crippen LogP contribution is -2.51. The van der Waals surface area contributed by atoms with E-state index in [-0.39, 0.29) is 16.4 Å². The third kappa shape index (κ3) is 6.82. The van der Waals surface area contributed by atoms with Crippen molar-refractivity contribution in [3.05, 3.63) is 64.7 Å². The van der Waals surface area contributed by atoms with Crippen LogP contribution in [0.3, 0.4) is 0 Å². The van der Waals surface area contributed by atoms with E-state index in [0.717, 1.165) is 70.9 Å². The molecule has 226 valence electrons. The lowest BCUT2D eigenvalue weighted by molar-refractivity contribution is 0.0841.